The van der Waals surface area contributed by atoms with E-state index < -0.39 is 10.0 Å². The summed E-state index contributed by atoms with van der Waals surface area (Å²) in [6.45, 7) is 6.22. The lowest BCUT2D eigenvalue weighted by Gasteiger charge is -2.31. The van der Waals surface area contributed by atoms with Crippen LogP contribution in [-0.4, -0.2) is 50.1 Å². The van der Waals surface area contributed by atoms with Gasteiger partial charge in [-0.2, -0.15) is 4.31 Å². The molecule has 0 amide bonds. The Morgan fingerprint density at radius 3 is 2.71 bits per heavy atom. The maximum absolute atomic E-state index is 12.8. The average molecular weight is 313 g/mol. The van der Waals surface area contributed by atoms with Crippen LogP contribution >= 0.6 is 0 Å². The van der Waals surface area contributed by atoms with Crippen molar-refractivity contribution >= 4 is 15.7 Å². The van der Waals surface area contributed by atoms with Crippen LogP contribution in [0, 0.1) is 0 Å². The molecule has 7 heteroatoms. The molecule has 21 heavy (non-hydrogen) atoms. The van der Waals surface area contributed by atoms with Crippen molar-refractivity contribution in [3.05, 3.63) is 18.5 Å². The first kappa shape index (κ1) is 16.2. The summed E-state index contributed by atoms with van der Waals surface area (Å²) in [5, 5.41) is 3.08. The van der Waals surface area contributed by atoms with Crippen molar-refractivity contribution in [2.24, 2.45) is 0 Å². The highest BCUT2D eigenvalue weighted by Gasteiger charge is 2.31. The van der Waals surface area contributed by atoms with E-state index in [9.17, 15) is 8.42 Å². The number of hydrogen-bond acceptors (Lipinski definition) is 5. The van der Waals surface area contributed by atoms with Gasteiger partial charge in [0, 0.05) is 38.6 Å². The fraction of sp³-hybridized carbons (Fsp3) is 0.643. The van der Waals surface area contributed by atoms with Crippen LogP contribution in [0.4, 0.5) is 5.69 Å². The van der Waals surface area contributed by atoms with E-state index in [1.807, 2.05) is 13.8 Å². The summed E-state index contributed by atoms with van der Waals surface area (Å²) in [7, 11) is -3.50. The second-order valence-corrected chi connectivity index (χ2v) is 6.87. The molecule has 0 atom stereocenters. The van der Waals surface area contributed by atoms with Gasteiger partial charge in [0.2, 0.25) is 10.0 Å². The largest absolute Gasteiger partial charge is 0.384 e. The third-order valence-electron chi connectivity index (χ3n) is 3.57. The zero-order valence-corrected chi connectivity index (χ0v) is 13.4. The number of ether oxygens (including phenoxy) is 1. The smallest absolute Gasteiger partial charge is 0.246 e. The molecule has 2 rings (SSSR count). The first-order valence-corrected chi connectivity index (χ1v) is 8.83. The van der Waals surface area contributed by atoms with E-state index in [-0.39, 0.29) is 11.0 Å². The highest BCUT2D eigenvalue weighted by Crippen LogP contribution is 2.26. The summed E-state index contributed by atoms with van der Waals surface area (Å²) in [5.41, 5.74) is 0.611. The summed E-state index contributed by atoms with van der Waals surface area (Å²) in [5.74, 6) is 0. The Bertz CT molecular complexity index is 554. The van der Waals surface area contributed by atoms with E-state index in [0.717, 1.165) is 12.8 Å². The van der Waals surface area contributed by atoms with Gasteiger partial charge in [0.1, 0.15) is 4.90 Å². The van der Waals surface area contributed by atoms with Gasteiger partial charge in [-0.25, -0.2) is 8.42 Å². The molecule has 1 aromatic rings. The van der Waals surface area contributed by atoms with Crippen LogP contribution in [0.1, 0.15) is 26.7 Å². The second kappa shape index (κ2) is 7.20. The molecule has 0 saturated carbocycles. The molecule has 0 unspecified atom stereocenters. The molecule has 0 bridgehead atoms. The SMILES string of the molecule is CCNc1ccncc1S(=O)(=O)N1CCC(OCC)CC1. The Labute approximate surface area is 126 Å². The minimum Gasteiger partial charge on any atom is -0.384 e. The number of hydrogen-bond donors (Lipinski definition) is 1. The first-order valence-electron chi connectivity index (χ1n) is 7.39. The molecule has 1 N–H and O–H groups in total. The summed E-state index contributed by atoms with van der Waals surface area (Å²) < 4.78 is 32.6. The molecular formula is C14H23N3O3S. The van der Waals surface area contributed by atoms with E-state index in [1.165, 1.54) is 10.5 Å². The van der Waals surface area contributed by atoms with Crippen molar-refractivity contribution in [2.75, 3.05) is 31.6 Å². The summed E-state index contributed by atoms with van der Waals surface area (Å²) in [4.78, 5) is 4.21. The van der Waals surface area contributed by atoms with E-state index in [2.05, 4.69) is 10.3 Å². The fourth-order valence-corrected chi connectivity index (χ4v) is 4.12. The van der Waals surface area contributed by atoms with E-state index in [4.69, 9.17) is 4.74 Å². The minimum atomic E-state index is -3.50. The Morgan fingerprint density at radius 1 is 1.38 bits per heavy atom. The molecule has 1 aromatic heterocycles. The predicted molar refractivity (Wildman–Crippen MR) is 81.8 cm³/mol. The Hall–Kier alpha value is -1.18. The molecule has 1 fully saturated rings. The highest BCUT2D eigenvalue weighted by atomic mass is 32.2. The molecule has 6 nitrogen and oxygen atoms in total. The number of piperidine rings is 1. The molecule has 2 heterocycles. The first-order chi connectivity index (χ1) is 10.1. The van der Waals surface area contributed by atoms with Gasteiger partial charge in [0.05, 0.1) is 11.8 Å². The molecule has 1 aliphatic heterocycles. The van der Waals surface area contributed by atoms with Crippen LogP contribution in [0.3, 0.4) is 0 Å². The van der Waals surface area contributed by atoms with E-state index in [1.54, 1.807) is 12.3 Å². The van der Waals surface area contributed by atoms with Crippen LogP contribution in [0.15, 0.2) is 23.4 Å². The third-order valence-corrected chi connectivity index (χ3v) is 5.50. The lowest BCUT2D eigenvalue weighted by Crippen LogP contribution is -2.41. The van der Waals surface area contributed by atoms with Crippen molar-refractivity contribution in [1.82, 2.24) is 9.29 Å². The predicted octanol–water partition coefficient (Wildman–Crippen LogP) is 1.70. The summed E-state index contributed by atoms with van der Waals surface area (Å²) in [6, 6.07) is 1.70. The van der Waals surface area contributed by atoms with E-state index >= 15 is 0 Å². The van der Waals surface area contributed by atoms with Gasteiger partial charge in [-0.05, 0) is 32.8 Å². The molecule has 0 aromatic carbocycles. The molecule has 0 radical (unpaired) electrons. The summed E-state index contributed by atoms with van der Waals surface area (Å²) in [6.07, 6.45) is 4.66. The molecular weight excluding hydrogens is 290 g/mol. The standard InChI is InChI=1S/C14H23N3O3S/c1-3-16-13-5-8-15-11-14(13)21(18,19)17-9-6-12(7-10-17)20-4-2/h5,8,11-12H,3-4,6-7,9-10H2,1-2H3,(H,15,16). The van der Waals surface area contributed by atoms with Crippen LogP contribution in [0.5, 0.6) is 0 Å². The average Bonchev–Trinajstić information content (AvgIpc) is 2.49. The lowest BCUT2D eigenvalue weighted by atomic mass is 10.1. The number of nitrogens with zero attached hydrogens (tertiary/aromatic N) is 2. The highest BCUT2D eigenvalue weighted by molar-refractivity contribution is 7.89. The molecule has 1 aliphatic rings. The molecule has 0 aliphatic carbocycles. The number of aromatic nitrogens is 1. The van der Waals surface area contributed by atoms with Crippen LogP contribution < -0.4 is 5.32 Å². The maximum atomic E-state index is 12.8. The van der Waals surface area contributed by atoms with Crippen molar-refractivity contribution in [3.8, 4) is 0 Å². The quantitative estimate of drug-likeness (QED) is 0.865. The Morgan fingerprint density at radius 2 is 2.10 bits per heavy atom. The molecule has 0 spiro atoms. The number of rotatable bonds is 6. The number of sulfonamides is 1. The van der Waals surface area contributed by atoms with Gasteiger partial charge in [-0.1, -0.05) is 0 Å². The van der Waals surface area contributed by atoms with Crippen molar-refractivity contribution in [3.63, 3.8) is 0 Å². The van der Waals surface area contributed by atoms with Crippen LogP contribution in [-0.2, 0) is 14.8 Å². The van der Waals surface area contributed by atoms with Crippen LogP contribution in [0.2, 0.25) is 0 Å². The Kier molecular flexibility index (Phi) is 5.55. The van der Waals surface area contributed by atoms with Crippen molar-refractivity contribution in [2.45, 2.75) is 37.7 Å². The summed E-state index contributed by atoms with van der Waals surface area (Å²) >= 11 is 0. The maximum Gasteiger partial charge on any atom is 0.246 e. The third kappa shape index (κ3) is 3.72. The van der Waals surface area contributed by atoms with Gasteiger partial charge < -0.3 is 10.1 Å². The monoisotopic (exact) mass is 313 g/mol. The number of nitrogens with one attached hydrogen (secondary N) is 1. The van der Waals surface area contributed by atoms with Crippen LogP contribution in [0.25, 0.3) is 0 Å². The fourth-order valence-electron chi connectivity index (χ4n) is 2.54. The lowest BCUT2D eigenvalue weighted by molar-refractivity contribution is 0.0290. The molecule has 1 saturated heterocycles. The van der Waals surface area contributed by atoms with Gasteiger partial charge in [0.25, 0.3) is 0 Å². The topological polar surface area (TPSA) is 71.5 Å². The van der Waals surface area contributed by atoms with E-state index in [0.29, 0.717) is 31.9 Å². The number of anilines is 1. The second-order valence-electron chi connectivity index (χ2n) is 4.96. The van der Waals surface area contributed by atoms with Crippen molar-refractivity contribution < 1.29 is 13.2 Å². The van der Waals surface area contributed by atoms with Crippen molar-refractivity contribution in [1.29, 1.82) is 0 Å². The van der Waals surface area contributed by atoms with Gasteiger partial charge in [0.15, 0.2) is 0 Å². The zero-order valence-electron chi connectivity index (χ0n) is 12.6. The molecule has 118 valence electrons. The van der Waals surface area contributed by atoms with Gasteiger partial charge in [-0.15, -0.1) is 0 Å². The number of pyridine rings is 1. The van der Waals surface area contributed by atoms with Gasteiger partial charge in [-0.3, -0.25) is 4.98 Å². The van der Waals surface area contributed by atoms with Gasteiger partial charge >= 0.3 is 0 Å². The minimum absolute atomic E-state index is 0.170. The Balaban J connectivity index is 2.16. The zero-order chi connectivity index (χ0) is 15.3. The normalized spacial score (nSPS) is 17.8.